The van der Waals surface area contributed by atoms with Crippen molar-refractivity contribution < 1.29 is 28.8 Å². The monoisotopic (exact) mass is 667 g/mol. The Morgan fingerprint density at radius 1 is 1.00 bits per heavy atom. The Balaban J connectivity index is 1.50. The molecule has 3 aliphatic rings. The fourth-order valence-electron chi connectivity index (χ4n) is 6.88. The van der Waals surface area contributed by atoms with Gasteiger partial charge in [0.15, 0.2) is 0 Å². The highest BCUT2D eigenvalue weighted by molar-refractivity contribution is 6.37. The predicted octanol–water partition coefficient (Wildman–Crippen LogP) is 2.10. The van der Waals surface area contributed by atoms with Crippen LogP contribution in [0.1, 0.15) is 85.1 Å². The number of nitrogens with zero attached hydrogens (tertiary/aromatic N) is 3. The van der Waals surface area contributed by atoms with E-state index < -0.39 is 64.5 Å². The number of piperidine rings is 1. The number of nitrogens with one attached hydrogen (secondary N) is 3. The number of primary amides is 1. The van der Waals surface area contributed by atoms with Gasteiger partial charge in [0.1, 0.15) is 17.8 Å². The van der Waals surface area contributed by atoms with Gasteiger partial charge in [0.2, 0.25) is 17.6 Å². The zero-order chi connectivity index (χ0) is 35.9. The lowest BCUT2D eigenvalue weighted by atomic mass is 9.85. The number of urea groups is 1. The van der Waals surface area contributed by atoms with Gasteiger partial charge in [-0.1, -0.05) is 74.3 Å². The van der Waals surface area contributed by atoms with Crippen LogP contribution in [0.15, 0.2) is 24.4 Å². The first kappa shape index (κ1) is 36.8. The number of carbonyl (C=O) groups excluding carboxylic acids is 6. The molecule has 1 aromatic heterocycles. The molecule has 5 N–H and O–H groups in total. The summed E-state index contributed by atoms with van der Waals surface area (Å²) in [4.78, 5) is 86.4. The van der Waals surface area contributed by atoms with Crippen LogP contribution in [0, 0.1) is 34.0 Å². The summed E-state index contributed by atoms with van der Waals surface area (Å²) >= 11 is 0. The summed E-state index contributed by atoms with van der Waals surface area (Å²) < 4.78 is 0. The van der Waals surface area contributed by atoms with Crippen molar-refractivity contribution in [3.05, 3.63) is 30.1 Å². The van der Waals surface area contributed by atoms with E-state index in [0.717, 1.165) is 12.8 Å². The quantitative estimate of drug-likeness (QED) is 0.246. The standard InChI is InChI=1S/C35H53N7O6/c1-33(2,3)23(18-41(9)30(46)21-12-10-11-15-37-21)39-32(48)40-27(34(4,5)6)31(47)42-17-20-24(35(20,7)8)25(42)29(45)38-22(16-19-13-14-19)26(43)28(36)44/h10-12,15,19-20,22-25,27H,13-14,16-18H2,1-9H3,(H2,36,44)(H,38,45)(H2,39,40,48)/t20-,22?,23+,24-,25-,27+/m0/s1. The Bertz CT molecular complexity index is 1430. The molecule has 1 unspecified atom stereocenters. The first-order valence-electron chi connectivity index (χ1n) is 16.8. The number of Topliss-reactive ketones (excluding diaryl/α,β-unsaturated/α-hetero) is 1. The van der Waals surface area contributed by atoms with E-state index in [4.69, 9.17) is 5.73 Å². The molecule has 2 saturated carbocycles. The van der Waals surface area contributed by atoms with Crippen molar-refractivity contribution in [2.24, 2.45) is 39.7 Å². The average molecular weight is 668 g/mol. The number of ketones is 1. The molecule has 0 aromatic carbocycles. The maximum atomic E-state index is 14.3. The maximum absolute atomic E-state index is 14.3. The van der Waals surface area contributed by atoms with Crippen molar-refractivity contribution in [3.8, 4) is 0 Å². The summed E-state index contributed by atoms with van der Waals surface area (Å²) in [6.07, 6.45) is 3.70. The molecule has 48 heavy (non-hydrogen) atoms. The highest BCUT2D eigenvalue weighted by atomic mass is 16.2. The zero-order valence-corrected chi connectivity index (χ0v) is 29.8. The van der Waals surface area contributed by atoms with Crippen LogP contribution in [0.2, 0.25) is 0 Å². The Hall–Kier alpha value is -4.03. The first-order valence-corrected chi connectivity index (χ1v) is 16.8. The van der Waals surface area contributed by atoms with Gasteiger partial charge in [-0.2, -0.15) is 0 Å². The molecule has 2 heterocycles. The van der Waals surface area contributed by atoms with Gasteiger partial charge in [-0.3, -0.25) is 29.0 Å². The van der Waals surface area contributed by atoms with E-state index in [2.05, 4.69) is 34.8 Å². The molecule has 0 bridgehead atoms. The Morgan fingerprint density at radius 3 is 2.17 bits per heavy atom. The van der Waals surface area contributed by atoms with Gasteiger partial charge < -0.3 is 31.5 Å². The number of nitrogens with two attached hydrogens (primary N) is 1. The molecule has 6 amide bonds. The van der Waals surface area contributed by atoms with Crippen molar-refractivity contribution in [1.29, 1.82) is 0 Å². The number of likely N-dealkylation sites (N-methyl/N-ethyl adjacent to an activating group) is 1. The van der Waals surface area contributed by atoms with E-state index in [1.54, 1.807) is 31.4 Å². The number of aromatic nitrogens is 1. The third-order valence-corrected chi connectivity index (χ3v) is 10.3. The topological polar surface area (TPSA) is 184 Å². The first-order chi connectivity index (χ1) is 22.1. The van der Waals surface area contributed by atoms with Gasteiger partial charge in [-0.25, -0.2) is 4.79 Å². The van der Waals surface area contributed by atoms with Gasteiger partial charge in [-0.15, -0.1) is 0 Å². The second kappa shape index (κ2) is 13.5. The van der Waals surface area contributed by atoms with Crippen LogP contribution in [-0.2, 0) is 19.2 Å². The van der Waals surface area contributed by atoms with E-state index in [1.165, 1.54) is 9.80 Å². The fraction of sp³-hybridized carbons (Fsp3) is 0.686. The maximum Gasteiger partial charge on any atom is 0.315 e. The largest absolute Gasteiger partial charge is 0.363 e. The predicted molar refractivity (Wildman–Crippen MR) is 179 cm³/mol. The lowest BCUT2D eigenvalue weighted by Gasteiger charge is -2.39. The molecular formula is C35H53N7O6. The number of pyridine rings is 1. The molecule has 0 spiro atoms. The Morgan fingerprint density at radius 2 is 1.65 bits per heavy atom. The van der Waals surface area contributed by atoms with Crippen LogP contribution < -0.4 is 21.7 Å². The second-order valence-corrected chi connectivity index (χ2v) is 16.6. The lowest BCUT2D eigenvalue weighted by Crippen LogP contribution is -2.62. The highest BCUT2D eigenvalue weighted by Crippen LogP contribution is 2.65. The summed E-state index contributed by atoms with van der Waals surface area (Å²) in [7, 11) is 1.65. The molecule has 2 aliphatic carbocycles. The smallest absolute Gasteiger partial charge is 0.315 e. The number of fused-ring (bicyclic) bond motifs is 1. The summed E-state index contributed by atoms with van der Waals surface area (Å²) in [6.45, 7) is 16.0. The number of carbonyl (C=O) groups is 6. The molecule has 4 rings (SSSR count). The number of hydrogen-bond donors (Lipinski definition) is 4. The summed E-state index contributed by atoms with van der Waals surface area (Å²) in [5.41, 5.74) is 4.21. The van der Waals surface area contributed by atoms with Crippen molar-refractivity contribution in [1.82, 2.24) is 30.7 Å². The number of rotatable bonds is 12. The molecule has 1 aromatic rings. The van der Waals surface area contributed by atoms with Crippen LogP contribution in [0.3, 0.4) is 0 Å². The minimum atomic E-state index is -1.10. The van der Waals surface area contributed by atoms with Crippen LogP contribution in [0.5, 0.6) is 0 Å². The summed E-state index contributed by atoms with van der Waals surface area (Å²) in [6, 6.07) is 1.10. The van der Waals surface area contributed by atoms with Crippen LogP contribution >= 0.6 is 0 Å². The number of likely N-dealkylation sites (tertiary alicyclic amines) is 1. The number of hydrogen-bond acceptors (Lipinski definition) is 7. The van der Waals surface area contributed by atoms with Crippen LogP contribution in [-0.4, -0.2) is 94.5 Å². The third-order valence-electron chi connectivity index (χ3n) is 10.3. The van der Waals surface area contributed by atoms with Crippen molar-refractivity contribution in [2.75, 3.05) is 20.1 Å². The SMILES string of the molecule is CN(C[C@@H](NC(=O)N[C@H](C(=O)N1C[C@H]2[C@@H]([C@H]1C(=O)NC(CC1CC1)C(=O)C(N)=O)C2(C)C)C(C)(C)C)C(C)(C)C)C(=O)c1ccccn1. The van der Waals surface area contributed by atoms with E-state index in [-0.39, 0.29) is 35.6 Å². The summed E-state index contributed by atoms with van der Waals surface area (Å²) in [5.74, 6) is -2.97. The van der Waals surface area contributed by atoms with Crippen LogP contribution in [0.25, 0.3) is 0 Å². The molecular weight excluding hydrogens is 614 g/mol. The molecule has 1 aliphatic heterocycles. The van der Waals surface area contributed by atoms with Crippen molar-refractivity contribution in [3.63, 3.8) is 0 Å². The van der Waals surface area contributed by atoms with Crippen molar-refractivity contribution in [2.45, 2.75) is 98.8 Å². The number of amides is 6. The van der Waals surface area contributed by atoms with Crippen LogP contribution in [0.4, 0.5) is 4.79 Å². The van der Waals surface area contributed by atoms with Gasteiger partial charge in [0.25, 0.3) is 11.8 Å². The minimum absolute atomic E-state index is 0.0674. The molecule has 1 saturated heterocycles. The zero-order valence-electron chi connectivity index (χ0n) is 29.8. The molecule has 6 atom stereocenters. The molecule has 3 fully saturated rings. The minimum Gasteiger partial charge on any atom is -0.363 e. The lowest BCUT2D eigenvalue weighted by molar-refractivity contribution is -0.145. The fourth-order valence-corrected chi connectivity index (χ4v) is 6.88. The Kier molecular flexibility index (Phi) is 10.3. The average Bonchev–Trinajstić information content (AvgIpc) is 3.84. The second-order valence-electron chi connectivity index (χ2n) is 16.6. The van der Waals surface area contributed by atoms with E-state index >= 15 is 0 Å². The van der Waals surface area contributed by atoms with E-state index in [9.17, 15) is 28.8 Å². The third kappa shape index (κ3) is 8.15. The van der Waals surface area contributed by atoms with Gasteiger partial charge in [0, 0.05) is 26.3 Å². The van der Waals surface area contributed by atoms with Gasteiger partial charge >= 0.3 is 6.03 Å². The van der Waals surface area contributed by atoms with Crippen molar-refractivity contribution >= 4 is 35.4 Å². The Labute approximate surface area is 283 Å². The van der Waals surface area contributed by atoms with Gasteiger partial charge in [0.05, 0.1) is 12.1 Å². The molecule has 264 valence electrons. The van der Waals surface area contributed by atoms with E-state index in [1.807, 2.05) is 41.5 Å². The highest BCUT2D eigenvalue weighted by Gasteiger charge is 2.70. The van der Waals surface area contributed by atoms with Gasteiger partial charge in [-0.05, 0) is 52.6 Å². The normalized spacial score (nSPS) is 23.2. The summed E-state index contributed by atoms with van der Waals surface area (Å²) in [5, 5.41) is 8.64. The molecule has 13 nitrogen and oxygen atoms in total. The molecule has 13 heteroatoms. The molecule has 0 radical (unpaired) electrons. The van der Waals surface area contributed by atoms with E-state index in [0.29, 0.717) is 18.7 Å².